The van der Waals surface area contributed by atoms with E-state index in [-0.39, 0.29) is 0 Å². The molecule has 0 unspecified atom stereocenters. The average molecular weight is 284 g/mol. The van der Waals surface area contributed by atoms with Crippen LogP contribution in [0.2, 0.25) is 5.02 Å². The summed E-state index contributed by atoms with van der Waals surface area (Å²) in [5.74, 6) is 0.585. The highest BCUT2D eigenvalue weighted by Crippen LogP contribution is 2.06. The summed E-state index contributed by atoms with van der Waals surface area (Å²) in [4.78, 5) is 19.4. The third-order valence-corrected chi connectivity index (χ3v) is 2.08. The maximum atomic E-state index is 11.3. The van der Waals surface area contributed by atoms with E-state index in [1.54, 1.807) is 6.08 Å². The molecule has 5 nitrogen and oxygen atoms in total. The van der Waals surface area contributed by atoms with Gasteiger partial charge in [-0.25, -0.2) is 14.8 Å². The molecule has 0 atom stereocenters. The Labute approximate surface area is 118 Å². The Morgan fingerprint density at radius 2 is 2.05 bits per heavy atom. The molecule has 104 valence electrons. The molecule has 0 aromatic carbocycles. The van der Waals surface area contributed by atoms with Crippen molar-refractivity contribution in [2.24, 2.45) is 0 Å². The van der Waals surface area contributed by atoms with Crippen LogP contribution in [0.25, 0.3) is 6.08 Å². The quantitative estimate of drug-likeness (QED) is 0.863. The van der Waals surface area contributed by atoms with Crippen molar-refractivity contribution in [2.75, 3.05) is 6.54 Å². The number of nitrogens with zero attached hydrogens (tertiary/aromatic N) is 2. The number of hydrogen-bond acceptors (Lipinski definition) is 4. The Hall–Kier alpha value is -1.62. The second-order valence-corrected chi connectivity index (χ2v) is 5.32. The number of amides is 1. The summed E-state index contributed by atoms with van der Waals surface area (Å²) in [7, 11) is 0. The molecule has 1 amide bonds. The summed E-state index contributed by atoms with van der Waals surface area (Å²) < 4.78 is 5.10. The highest BCUT2D eigenvalue weighted by atomic mass is 35.5. The first-order chi connectivity index (χ1) is 8.87. The van der Waals surface area contributed by atoms with Gasteiger partial charge in [0.25, 0.3) is 0 Å². The van der Waals surface area contributed by atoms with E-state index in [9.17, 15) is 4.79 Å². The number of carbonyl (C=O) groups is 1. The zero-order valence-electron chi connectivity index (χ0n) is 11.3. The molecular weight excluding hydrogens is 266 g/mol. The fourth-order valence-corrected chi connectivity index (χ4v) is 1.27. The molecular formula is C13H18ClN3O2. The smallest absolute Gasteiger partial charge is 0.407 e. The van der Waals surface area contributed by atoms with Crippen LogP contribution in [-0.2, 0) is 4.74 Å². The van der Waals surface area contributed by atoms with E-state index in [2.05, 4.69) is 15.3 Å². The fourth-order valence-electron chi connectivity index (χ4n) is 1.17. The van der Waals surface area contributed by atoms with Gasteiger partial charge in [-0.1, -0.05) is 17.7 Å². The predicted octanol–water partition coefficient (Wildman–Crippen LogP) is 3.06. The molecule has 1 aromatic heterocycles. The van der Waals surface area contributed by atoms with Gasteiger partial charge in [0.05, 0.1) is 5.02 Å². The lowest BCUT2D eigenvalue weighted by Crippen LogP contribution is -2.32. The van der Waals surface area contributed by atoms with Crippen LogP contribution >= 0.6 is 11.6 Å². The lowest BCUT2D eigenvalue weighted by atomic mass is 10.2. The molecule has 19 heavy (non-hydrogen) atoms. The van der Waals surface area contributed by atoms with Crippen molar-refractivity contribution in [2.45, 2.75) is 32.8 Å². The first-order valence-electron chi connectivity index (χ1n) is 5.98. The van der Waals surface area contributed by atoms with Crippen molar-refractivity contribution in [1.29, 1.82) is 0 Å². The standard InChI is InChI=1S/C13H18ClN3O2/c1-13(2,3)19-12(18)15-7-5-4-6-11-16-8-10(14)9-17-11/h4,6,8-9H,5,7H2,1-3H3,(H,15,18). The fraction of sp³-hybridized carbons (Fsp3) is 0.462. The highest BCUT2D eigenvalue weighted by Gasteiger charge is 2.15. The van der Waals surface area contributed by atoms with E-state index in [0.717, 1.165) is 0 Å². The van der Waals surface area contributed by atoms with Crippen LogP contribution in [0, 0.1) is 0 Å². The molecule has 1 rings (SSSR count). The van der Waals surface area contributed by atoms with Crippen LogP contribution in [0.3, 0.4) is 0 Å². The molecule has 0 radical (unpaired) electrons. The van der Waals surface area contributed by atoms with Crippen molar-refractivity contribution in [1.82, 2.24) is 15.3 Å². The van der Waals surface area contributed by atoms with Crippen LogP contribution in [0.5, 0.6) is 0 Å². The summed E-state index contributed by atoms with van der Waals surface area (Å²) in [6.07, 6.45) is 6.97. The first-order valence-corrected chi connectivity index (χ1v) is 6.35. The number of rotatable bonds is 4. The van der Waals surface area contributed by atoms with Crippen molar-refractivity contribution in [3.8, 4) is 0 Å². The molecule has 0 saturated heterocycles. The predicted molar refractivity (Wildman–Crippen MR) is 74.9 cm³/mol. The number of nitrogens with one attached hydrogen (secondary N) is 1. The molecule has 0 aliphatic rings. The number of hydrogen-bond donors (Lipinski definition) is 1. The molecule has 1 N–H and O–H groups in total. The van der Waals surface area contributed by atoms with Crippen molar-refractivity contribution in [3.05, 3.63) is 29.3 Å². The zero-order chi connectivity index (χ0) is 14.3. The number of carbonyl (C=O) groups excluding carboxylic acids is 1. The Morgan fingerprint density at radius 3 is 2.63 bits per heavy atom. The maximum absolute atomic E-state index is 11.3. The summed E-state index contributed by atoms with van der Waals surface area (Å²) >= 11 is 5.67. The van der Waals surface area contributed by atoms with Crippen LogP contribution in [0.1, 0.15) is 33.0 Å². The minimum absolute atomic E-state index is 0.413. The molecule has 6 heteroatoms. The minimum atomic E-state index is -0.475. The van der Waals surface area contributed by atoms with Crippen molar-refractivity contribution < 1.29 is 9.53 Å². The second-order valence-electron chi connectivity index (χ2n) is 4.88. The summed E-state index contributed by atoms with van der Waals surface area (Å²) in [5, 5.41) is 3.16. The van der Waals surface area contributed by atoms with E-state index in [4.69, 9.17) is 16.3 Å². The van der Waals surface area contributed by atoms with E-state index in [0.29, 0.717) is 23.8 Å². The number of ether oxygens (including phenoxy) is 1. The Morgan fingerprint density at radius 1 is 1.42 bits per heavy atom. The Kier molecular flexibility index (Phi) is 5.76. The van der Waals surface area contributed by atoms with Gasteiger partial charge in [-0.2, -0.15) is 0 Å². The molecule has 0 aliphatic heterocycles. The van der Waals surface area contributed by atoms with Crippen molar-refractivity contribution >= 4 is 23.8 Å². The Bertz CT molecular complexity index is 438. The third kappa shape index (κ3) is 7.41. The van der Waals surface area contributed by atoms with Gasteiger partial charge in [0, 0.05) is 18.9 Å². The second kappa shape index (κ2) is 7.09. The van der Waals surface area contributed by atoms with Gasteiger partial charge in [0.1, 0.15) is 5.60 Å². The van der Waals surface area contributed by atoms with Gasteiger partial charge >= 0.3 is 6.09 Å². The zero-order valence-corrected chi connectivity index (χ0v) is 12.1. The van der Waals surface area contributed by atoms with E-state index < -0.39 is 11.7 Å². The van der Waals surface area contributed by atoms with Crippen LogP contribution in [-0.4, -0.2) is 28.2 Å². The Balaban J connectivity index is 2.24. The molecule has 0 saturated carbocycles. The number of alkyl carbamates (subject to hydrolysis) is 1. The van der Waals surface area contributed by atoms with Crippen LogP contribution in [0.4, 0.5) is 4.79 Å². The highest BCUT2D eigenvalue weighted by molar-refractivity contribution is 6.30. The molecule has 0 fully saturated rings. The van der Waals surface area contributed by atoms with Gasteiger partial charge in [0.2, 0.25) is 0 Å². The summed E-state index contributed by atoms with van der Waals surface area (Å²) in [5.41, 5.74) is -0.475. The third-order valence-electron chi connectivity index (χ3n) is 1.89. The summed E-state index contributed by atoms with van der Waals surface area (Å²) in [6, 6.07) is 0. The van der Waals surface area contributed by atoms with Gasteiger partial charge < -0.3 is 10.1 Å². The van der Waals surface area contributed by atoms with E-state index in [1.165, 1.54) is 12.4 Å². The largest absolute Gasteiger partial charge is 0.444 e. The molecule has 1 heterocycles. The lowest BCUT2D eigenvalue weighted by Gasteiger charge is -2.19. The van der Waals surface area contributed by atoms with Crippen LogP contribution in [0.15, 0.2) is 18.5 Å². The molecule has 1 aromatic rings. The molecule has 0 bridgehead atoms. The van der Waals surface area contributed by atoms with Gasteiger partial charge in [-0.3, -0.25) is 0 Å². The number of aromatic nitrogens is 2. The van der Waals surface area contributed by atoms with E-state index >= 15 is 0 Å². The van der Waals surface area contributed by atoms with Gasteiger partial charge in [-0.15, -0.1) is 0 Å². The minimum Gasteiger partial charge on any atom is -0.444 e. The monoisotopic (exact) mass is 283 g/mol. The maximum Gasteiger partial charge on any atom is 0.407 e. The van der Waals surface area contributed by atoms with Gasteiger partial charge in [0.15, 0.2) is 5.82 Å². The lowest BCUT2D eigenvalue weighted by molar-refractivity contribution is 0.0529. The van der Waals surface area contributed by atoms with Crippen molar-refractivity contribution in [3.63, 3.8) is 0 Å². The summed E-state index contributed by atoms with van der Waals surface area (Å²) in [6.45, 7) is 5.97. The average Bonchev–Trinajstić information content (AvgIpc) is 2.29. The molecule has 0 spiro atoms. The van der Waals surface area contributed by atoms with E-state index in [1.807, 2.05) is 26.8 Å². The molecule has 0 aliphatic carbocycles. The van der Waals surface area contributed by atoms with Crippen LogP contribution < -0.4 is 5.32 Å². The normalized spacial score (nSPS) is 11.6. The first kappa shape index (κ1) is 15.4. The number of halogens is 1. The SMILES string of the molecule is CC(C)(C)OC(=O)NCCC=Cc1ncc(Cl)cn1. The van der Waals surface area contributed by atoms with Gasteiger partial charge in [-0.05, 0) is 33.3 Å². The topological polar surface area (TPSA) is 64.1 Å².